The topological polar surface area (TPSA) is 62.8 Å². The maximum Gasteiger partial charge on any atom is 0.215 e. The quantitative estimate of drug-likeness (QED) is 0.832. The second-order valence-corrected chi connectivity index (χ2v) is 8.04. The normalized spacial score (nSPS) is 22.0. The van der Waals surface area contributed by atoms with Gasteiger partial charge in [0.2, 0.25) is 5.95 Å². The van der Waals surface area contributed by atoms with Crippen molar-refractivity contribution in [3.63, 3.8) is 0 Å². The first-order valence-electron chi connectivity index (χ1n) is 9.06. The Morgan fingerprint density at radius 1 is 1.40 bits per heavy atom. The van der Waals surface area contributed by atoms with Gasteiger partial charge in [-0.05, 0) is 37.2 Å². The highest BCUT2D eigenvalue weighted by molar-refractivity contribution is 5.67. The largest absolute Gasteiger partial charge is 0.381 e. The molecule has 3 heterocycles. The van der Waals surface area contributed by atoms with Gasteiger partial charge in [-0.1, -0.05) is 13.8 Å². The zero-order valence-electron chi connectivity index (χ0n) is 14.9. The van der Waals surface area contributed by atoms with Gasteiger partial charge in [0.25, 0.3) is 0 Å². The van der Waals surface area contributed by atoms with Crippen LogP contribution in [0.3, 0.4) is 0 Å². The smallest absolute Gasteiger partial charge is 0.215 e. The summed E-state index contributed by atoms with van der Waals surface area (Å²) in [6, 6.07) is 3.37. The summed E-state index contributed by atoms with van der Waals surface area (Å²) in [5.74, 6) is 0.555. The predicted molar refractivity (Wildman–Crippen MR) is 95.0 cm³/mol. The second kappa shape index (κ2) is 6.41. The number of ether oxygens (including phenoxy) is 1. The summed E-state index contributed by atoms with van der Waals surface area (Å²) in [7, 11) is 0. The van der Waals surface area contributed by atoms with E-state index in [9.17, 15) is 4.39 Å². The van der Waals surface area contributed by atoms with Gasteiger partial charge in [-0.15, -0.1) is 0 Å². The second-order valence-electron chi connectivity index (χ2n) is 8.04. The van der Waals surface area contributed by atoms with Crippen LogP contribution in [-0.4, -0.2) is 34.9 Å². The highest BCUT2D eigenvalue weighted by Crippen LogP contribution is 2.38. The zero-order valence-corrected chi connectivity index (χ0v) is 14.9. The summed E-state index contributed by atoms with van der Waals surface area (Å²) in [5.41, 5.74) is 4.34. The molecule has 0 aromatic carbocycles. The Kier molecular flexibility index (Phi) is 4.23. The van der Waals surface area contributed by atoms with Crippen molar-refractivity contribution in [1.82, 2.24) is 15.2 Å². The number of nitrogens with zero attached hydrogens (tertiary/aromatic N) is 2. The highest BCUT2D eigenvalue weighted by atomic mass is 19.1. The maximum absolute atomic E-state index is 14.1. The van der Waals surface area contributed by atoms with E-state index in [0.29, 0.717) is 11.7 Å². The molecule has 1 fully saturated rings. The number of hydrogen-bond acceptors (Lipinski definition) is 4. The number of anilines is 1. The molecule has 2 aromatic rings. The van der Waals surface area contributed by atoms with Gasteiger partial charge in [0.15, 0.2) is 0 Å². The summed E-state index contributed by atoms with van der Waals surface area (Å²) >= 11 is 0. The molecule has 25 heavy (non-hydrogen) atoms. The zero-order chi connectivity index (χ0) is 17.4. The van der Waals surface area contributed by atoms with Crippen LogP contribution >= 0.6 is 0 Å². The highest BCUT2D eigenvalue weighted by Gasteiger charge is 2.29. The van der Waals surface area contributed by atoms with E-state index < -0.39 is 5.95 Å². The summed E-state index contributed by atoms with van der Waals surface area (Å²) in [6.07, 6.45) is 4.11. The third-order valence-electron chi connectivity index (χ3n) is 5.32. The lowest BCUT2D eigenvalue weighted by Crippen LogP contribution is -2.21. The summed E-state index contributed by atoms with van der Waals surface area (Å²) in [4.78, 5) is 3.98. The Morgan fingerprint density at radius 2 is 2.28 bits per heavy atom. The van der Waals surface area contributed by atoms with Crippen LogP contribution in [0, 0.1) is 17.3 Å². The predicted octanol–water partition coefficient (Wildman–Crippen LogP) is 3.57. The molecule has 1 atom stereocenters. The molecule has 0 bridgehead atoms. The van der Waals surface area contributed by atoms with Crippen molar-refractivity contribution in [3.05, 3.63) is 29.3 Å². The molecule has 4 rings (SSSR count). The minimum Gasteiger partial charge on any atom is -0.381 e. The van der Waals surface area contributed by atoms with Crippen LogP contribution in [0.2, 0.25) is 0 Å². The first-order chi connectivity index (χ1) is 12.0. The van der Waals surface area contributed by atoms with Gasteiger partial charge < -0.3 is 10.1 Å². The van der Waals surface area contributed by atoms with Gasteiger partial charge in [0.1, 0.15) is 5.82 Å². The van der Waals surface area contributed by atoms with Gasteiger partial charge in [0.05, 0.1) is 12.3 Å². The number of halogens is 1. The first kappa shape index (κ1) is 16.5. The number of hydrogen-bond donors (Lipinski definition) is 2. The summed E-state index contributed by atoms with van der Waals surface area (Å²) in [6.45, 7) is 6.87. The molecule has 0 radical (unpaired) electrons. The summed E-state index contributed by atoms with van der Waals surface area (Å²) < 4.78 is 19.4. The molecule has 1 aliphatic carbocycles. The van der Waals surface area contributed by atoms with Crippen molar-refractivity contribution < 1.29 is 9.13 Å². The Morgan fingerprint density at radius 3 is 3.08 bits per heavy atom. The van der Waals surface area contributed by atoms with E-state index in [1.54, 1.807) is 0 Å². The number of pyridine rings is 1. The number of aromatic nitrogens is 3. The fourth-order valence-corrected chi connectivity index (χ4v) is 3.80. The molecule has 0 amide bonds. The fraction of sp³-hybridized carbons (Fsp3) is 0.579. The number of fused-ring (bicyclic) bond motifs is 1. The maximum atomic E-state index is 14.1. The van der Waals surface area contributed by atoms with Crippen molar-refractivity contribution in [3.8, 4) is 11.3 Å². The van der Waals surface area contributed by atoms with Gasteiger partial charge in [0, 0.05) is 42.0 Å². The Hall–Kier alpha value is -1.95. The minimum absolute atomic E-state index is 0.288. The molecule has 0 saturated carbocycles. The van der Waals surface area contributed by atoms with Gasteiger partial charge in [-0.2, -0.15) is 9.49 Å². The van der Waals surface area contributed by atoms with Crippen molar-refractivity contribution in [1.29, 1.82) is 0 Å². The molecule has 6 heteroatoms. The van der Waals surface area contributed by atoms with Crippen LogP contribution in [-0.2, 0) is 17.6 Å². The lowest BCUT2D eigenvalue weighted by molar-refractivity contribution is 0.187. The van der Waals surface area contributed by atoms with Gasteiger partial charge in [-0.3, -0.25) is 5.10 Å². The van der Waals surface area contributed by atoms with E-state index in [1.165, 1.54) is 17.3 Å². The average Bonchev–Trinajstić information content (AvgIpc) is 3.20. The van der Waals surface area contributed by atoms with E-state index in [2.05, 4.69) is 34.3 Å². The van der Waals surface area contributed by atoms with Gasteiger partial charge >= 0.3 is 0 Å². The molecule has 1 aliphatic heterocycles. The lowest BCUT2D eigenvalue weighted by Gasteiger charge is -2.29. The van der Waals surface area contributed by atoms with Crippen molar-refractivity contribution in [2.45, 2.75) is 39.5 Å². The van der Waals surface area contributed by atoms with Crippen LogP contribution in [0.4, 0.5) is 10.2 Å². The Labute approximate surface area is 147 Å². The van der Waals surface area contributed by atoms with Crippen LogP contribution in [0.15, 0.2) is 12.1 Å². The lowest BCUT2D eigenvalue weighted by atomic mass is 9.76. The SMILES string of the molecule is CC1(C)CCc2c(-c3cc(F)nc(NCC4CCOC4)c3)n[nH]c2C1. The molecule has 2 aliphatic rings. The van der Waals surface area contributed by atoms with E-state index in [4.69, 9.17) is 4.74 Å². The molecule has 1 saturated heterocycles. The monoisotopic (exact) mass is 344 g/mol. The first-order valence-corrected chi connectivity index (χ1v) is 9.06. The molecule has 5 nitrogen and oxygen atoms in total. The average molecular weight is 344 g/mol. The molecule has 1 unspecified atom stereocenters. The summed E-state index contributed by atoms with van der Waals surface area (Å²) in [5, 5.41) is 10.9. The third kappa shape index (κ3) is 3.54. The van der Waals surface area contributed by atoms with Crippen LogP contribution < -0.4 is 5.32 Å². The van der Waals surface area contributed by atoms with Crippen LogP contribution in [0.5, 0.6) is 0 Å². The van der Waals surface area contributed by atoms with Crippen LogP contribution in [0.25, 0.3) is 11.3 Å². The van der Waals surface area contributed by atoms with E-state index in [1.807, 2.05) is 6.07 Å². The Bertz CT molecular complexity index is 765. The van der Waals surface area contributed by atoms with Crippen molar-refractivity contribution in [2.75, 3.05) is 25.1 Å². The van der Waals surface area contributed by atoms with Crippen LogP contribution in [0.1, 0.15) is 37.9 Å². The molecule has 2 aromatic heterocycles. The number of aromatic amines is 1. The van der Waals surface area contributed by atoms with Crippen molar-refractivity contribution >= 4 is 5.82 Å². The number of nitrogens with one attached hydrogen (secondary N) is 2. The molecular weight excluding hydrogens is 319 g/mol. The van der Waals surface area contributed by atoms with E-state index in [0.717, 1.165) is 56.7 Å². The molecule has 134 valence electrons. The van der Waals surface area contributed by atoms with Gasteiger partial charge in [-0.25, -0.2) is 4.98 Å². The Balaban J connectivity index is 1.57. The van der Waals surface area contributed by atoms with E-state index >= 15 is 0 Å². The third-order valence-corrected chi connectivity index (χ3v) is 5.32. The molecule has 2 N–H and O–H groups in total. The fourth-order valence-electron chi connectivity index (χ4n) is 3.80. The number of rotatable bonds is 4. The molecular formula is C19H25FN4O. The van der Waals surface area contributed by atoms with Crippen molar-refractivity contribution in [2.24, 2.45) is 11.3 Å². The minimum atomic E-state index is -0.476. The standard InChI is InChI=1S/C19H25FN4O/c1-19(2)5-3-14-15(9-19)23-24-18(14)13-7-16(20)22-17(8-13)21-10-12-4-6-25-11-12/h7-8,12H,3-6,9-11H2,1-2H3,(H,21,22)(H,23,24). The number of H-pyrrole nitrogens is 1. The molecule has 0 spiro atoms. The van der Waals surface area contributed by atoms with E-state index in [-0.39, 0.29) is 5.41 Å².